The van der Waals surface area contributed by atoms with E-state index >= 15 is 0 Å². The van der Waals surface area contributed by atoms with Gasteiger partial charge < -0.3 is 5.11 Å². The lowest BCUT2D eigenvalue weighted by Crippen LogP contribution is -2.42. The highest BCUT2D eigenvalue weighted by Gasteiger charge is 2.36. The van der Waals surface area contributed by atoms with Crippen LogP contribution in [0.3, 0.4) is 0 Å². The number of hydrogen-bond acceptors (Lipinski definition) is 3. The highest BCUT2D eigenvalue weighted by atomic mass is 16.3. The van der Waals surface area contributed by atoms with E-state index in [2.05, 4.69) is 0 Å². The third kappa shape index (κ3) is 2.81. The minimum absolute atomic E-state index is 0.0784. The fourth-order valence-electron chi connectivity index (χ4n) is 3.29. The highest BCUT2D eigenvalue weighted by Crippen LogP contribution is 2.35. The second kappa shape index (κ2) is 6.57. The Labute approximate surface area is 157 Å². The average molecular weight is 355 g/mol. The molecule has 3 aromatic rings. The molecule has 4 nitrogen and oxygen atoms in total. The molecular weight excluding hydrogens is 338 g/mol. The fraction of sp³-hybridized carbons (Fsp3) is 0.0435. The number of anilines is 1. The van der Waals surface area contributed by atoms with Crippen molar-refractivity contribution in [3.63, 3.8) is 0 Å². The summed E-state index contributed by atoms with van der Waals surface area (Å²) in [6.07, 6.45) is 1.63. The summed E-state index contributed by atoms with van der Waals surface area (Å²) in [5, 5.41) is 10.1. The van der Waals surface area contributed by atoms with Gasteiger partial charge in [0.25, 0.3) is 11.8 Å². The zero-order chi connectivity index (χ0) is 19.0. The minimum Gasteiger partial charge on any atom is -0.507 e. The summed E-state index contributed by atoms with van der Waals surface area (Å²) in [5.74, 6) is -0.676. The van der Waals surface area contributed by atoms with E-state index < -0.39 is 5.91 Å². The molecule has 0 radical (unpaired) electrons. The molecule has 1 N–H and O–H groups in total. The quantitative estimate of drug-likeness (QED) is 0.546. The van der Waals surface area contributed by atoms with Crippen LogP contribution in [-0.2, 0) is 4.79 Å². The van der Waals surface area contributed by atoms with Gasteiger partial charge in [0.15, 0.2) is 0 Å². The third-order valence-electron chi connectivity index (χ3n) is 4.68. The molecule has 0 saturated heterocycles. The Kier molecular flexibility index (Phi) is 4.09. The Balaban J connectivity index is 1.95. The molecule has 4 heteroatoms. The number of nitrogens with zero attached hydrogens (tertiary/aromatic N) is 1. The van der Waals surface area contributed by atoms with Gasteiger partial charge in [0.1, 0.15) is 5.75 Å². The maximum atomic E-state index is 13.3. The molecular formula is C23H17NO3. The largest absolute Gasteiger partial charge is 0.507 e. The summed E-state index contributed by atoms with van der Waals surface area (Å²) in [4.78, 5) is 27.6. The number of carbonyl (C=O) groups is 2. The number of amides is 2. The summed E-state index contributed by atoms with van der Waals surface area (Å²) < 4.78 is 0. The van der Waals surface area contributed by atoms with Crippen molar-refractivity contribution in [3.05, 3.63) is 95.1 Å². The molecule has 2 amide bonds. The summed E-state index contributed by atoms with van der Waals surface area (Å²) in [5.41, 5.74) is 3.32. The van der Waals surface area contributed by atoms with Crippen molar-refractivity contribution in [1.29, 1.82) is 0 Å². The second-order valence-electron chi connectivity index (χ2n) is 6.39. The van der Waals surface area contributed by atoms with E-state index in [1.54, 1.807) is 66.7 Å². The molecule has 3 aromatic carbocycles. The molecule has 0 aliphatic carbocycles. The van der Waals surface area contributed by atoms with Gasteiger partial charge in [-0.2, -0.15) is 0 Å². The molecule has 27 heavy (non-hydrogen) atoms. The van der Waals surface area contributed by atoms with E-state index in [1.807, 2.05) is 19.1 Å². The smallest absolute Gasteiger partial charge is 0.265 e. The van der Waals surface area contributed by atoms with Gasteiger partial charge in [-0.1, -0.05) is 54.6 Å². The van der Waals surface area contributed by atoms with Gasteiger partial charge in [0, 0.05) is 16.7 Å². The van der Waals surface area contributed by atoms with Crippen molar-refractivity contribution in [2.75, 3.05) is 4.90 Å². The van der Waals surface area contributed by atoms with E-state index in [0.29, 0.717) is 28.0 Å². The summed E-state index contributed by atoms with van der Waals surface area (Å²) >= 11 is 0. The maximum Gasteiger partial charge on any atom is 0.265 e. The van der Waals surface area contributed by atoms with Gasteiger partial charge in [-0.25, -0.2) is 4.90 Å². The zero-order valence-electron chi connectivity index (χ0n) is 14.7. The summed E-state index contributed by atoms with van der Waals surface area (Å²) in [6.45, 7) is 1.86. The van der Waals surface area contributed by atoms with E-state index in [9.17, 15) is 14.7 Å². The normalized spacial score (nSPS) is 15.1. The fourth-order valence-corrected chi connectivity index (χ4v) is 3.29. The molecule has 0 saturated carbocycles. The van der Waals surface area contributed by atoms with Crippen LogP contribution >= 0.6 is 0 Å². The number of fused-ring (bicyclic) bond motifs is 1. The molecule has 0 unspecified atom stereocenters. The lowest BCUT2D eigenvalue weighted by molar-refractivity contribution is -0.112. The molecule has 0 aromatic heterocycles. The van der Waals surface area contributed by atoms with Crippen LogP contribution in [0, 0.1) is 6.92 Å². The molecule has 0 spiro atoms. The molecule has 1 aliphatic rings. The van der Waals surface area contributed by atoms with Gasteiger partial charge in [0.2, 0.25) is 0 Å². The van der Waals surface area contributed by atoms with Crippen molar-refractivity contribution in [2.45, 2.75) is 6.92 Å². The van der Waals surface area contributed by atoms with Crippen molar-refractivity contribution in [1.82, 2.24) is 0 Å². The number of phenolic OH excluding ortho intramolecular Hbond substituents is 1. The molecule has 1 heterocycles. The number of phenols is 1. The first-order chi connectivity index (χ1) is 13.1. The topological polar surface area (TPSA) is 57.6 Å². The highest BCUT2D eigenvalue weighted by molar-refractivity contribution is 6.43. The number of rotatable bonds is 2. The number of hydrogen-bond donors (Lipinski definition) is 1. The Bertz CT molecular complexity index is 1100. The maximum absolute atomic E-state index is 13.3. The van der Waals surface area contributed by atoms with Crippen LogP contribution in [-0.4, -0.2) is 16.9 Å². The van der Waals surface area contributed by atoms with E-state index in [4.69, 9.17) is 0 Å². The molecule has 0 fully saturated rings. The lowest BCUT2D eigenvalue weighted by Gasteiger charge is -2.29. The predicted octanol–water partition coefficient (Wildman–Crippen LogP) is 4.43. The lowest BCUT2D eigenvalue weighted by atomic mass is 9.91. The first-order valence-corrected chi connectivity index (χ1v) is 8.61. The van der Waals surface area contributed by atoms with Crippen molar-refractivity contribution >= 4 is 29.2 Å². The van der Waals surface area contributed by atoms with Gasteiger partial charge in [-0.05, 0) is 42.3 Å². The van der Waals surface area contributed by atoms with Crippen LogP contribution < -0.4 is 4.90 Å². The van der Waals surface area contributed by atoms with Crippen LogP contribution in [0.2, 0.25) is 0 Å². The molecule has 132 valence electrons. The van der Waals surface area contributed by atoms with E-state index in [1.165, 1.54) is 4.90 Å². The van der Waals surface area contributed by atoms with Gasteiger partial charge in [0.05, 0.1) is 5.69 Å². The number of benzene rings is 3. The van der Waals surface area contributed by atoms with Gasteiger partial charge in [-0.3, -0.25) is 9.59 Å². The molecule has 4 rings (SSSR count). The van der Waals surface area contributed by atoms with Crippen molar-refractivity contribution in [2.24, 2.45) is 0 Å². The zero-order valence-corrected chi connectivity index (χ0v) is 14.7. The van der Waals surface area contributed by atoms with E-state index in [0.717, 1.165) is 5.56 Å². The molecule has 1 aliphatic heterocycles. The second-order valence-corrected chi connectivity index (χ2v) is 6.39. The van der Waals surface area contributed by atoms with Crippen LogP contribution in [0.1, 0.15) is 27.0 Å². The first-order valence-electron chi connectivity index (χ1n) is 8.61. The third-order valence-corrected chi connectivity index (χ3v) is 4.68. The number of imide groups is 1. The number of aromatic hydroxyl groups is 1. The Morgan fingerprint density at radius 3 is 2.15 bits per heavy atom. The Morgan fingerprint density at radius 2 is 1.41 bits per heavy atom. The van der Waals surface area contributed by atoms with Gasteiger partial charge >= 0.3 is 0 Å². The SMILES string of the molecule is Cc1ccccc1N1C(=O)/C(=C/c2ccccc2O)c2ccccc2C1=O. The summed E-state index contributed by atoms with van der Waals surface area (Å²) in [6, 6.07) is 21.1. The standard InChI is InChI=1S/C23H17NO3/c1-15-8-2-6-12-20(15)24-22(26)18-11-5-4-10-17(18)19(23(24)27)14-16-9-3-7-13-21(16)25/h2-14,25H,1H3/b19-14+. The molecule has 0 bridgehead atoms. The van der Waals surface area contributed by atoms with Crippen LogP contribution in [0.25, 0.3) is 11.6 Å². The minimum atomic E-state index is -0.406. The monoisotopic (exact) mass is 355 g/mol. The van der Waals surface area contributed by atoms with E-state index in [-0.39, 0.29) is 11.7 Å². The average Bonchev–Trinajstić information content (AvgIpc) is 2.68. The number of aryl methyl sites for hydroxylation is 1. The van der Waals surface area contributed by atoms with Gasteiger partial charge in [-0.15, -0.1) is 0 Å². The Hall–Kier alpha value is -3.66. The summed E-state index contributed by atoms with van der Waals surface area (Å²) in [7, 11) is 0. The van der Waals surface area contributed by atoms with Crippen LogP contribution in [0.4, 0.5) is 5.69 Å². The Morgan fingerprint density at radius 1 is 0.778 bits per heavy atom. The number of para-hydroxylation sites is 2. The predicted molar refractivity (Wildman–Crippen MR) is 105 cm³/mol. The van der Waals surface area contributed by atoms with Crippen molar-refractivity contribution in [3.8, 4) is 5.75 Å². The van der Waals surface area contributed by atoms with Crippen LogP contribution in [0.15, 0.2) is 72.8 Å². The van der Waals surface area contributed by atoms with Crippen molar-refractivity contribution < 1.29 is 14.7 Å². The molecule has 0 atom stereocenters. The first kappa shape index (κ1) is 16.8. The van der Waals surface area contributed by atoms with Crippen LogP contribution in [0.5, 0.6) is 5.75 Å². The number of carbonyl (C=O) groups excluding carboxylic acids is 2.